The molecule has 0 bridgehead atoms. The SMILES string of the molecule is COC(=O)c1ccc(N2C(=O)C(=O)/C(=C(/O)c3ccc(OC)cc3)C2c2ccccc2)cc1. The summed E-state index contributed by atoms with van der Waals surface area (Å²) in [5.41, 5.74) is 1.74. The van der Waals surface area contributed by atoms with E-state index in [0.29, 0.717) is 28.1 Å². The van der Waals surface area contributed by atoms with E-state index in [0.717, 1.165) is 0 Å². The zero-order chi connectivity index (χ0) is 23.5. The highest BCUT2D eigenvalue weighted by Crippen LogP contribution is 2.42. The molecule has 3 aromatic rings. The molecular formula is C26H21NO6. The van der Waals surface area contributed by atoms with Gasteiger partial charge in [0, 0.05) is 11.3 Å². The average molecular weight is 443 g/mol. The Morgan fingerprint density at radius 1 is 0.848 bits per heavy atom. The van der Waals surface area contributed by atoms with Crippen LogP contribution in [-0.4, -0.2) is 37.0 Å². The predicted octanol–water partition coefficient (Wildman–Crippen LogP) is 4.11. The number of carbonyl (C=O) groups excluding carboxylic acids is 3. The standard InChI is InChI=1S/C26H21NO6/c1-32-20-14-10-17(11-15-20)23(28)21-22(16-6-4-3-5-7-16)27(25(30)24(21)29)19-12-8-18(9-13-19)26(31)33-2/h3-15,22,28H,1-2H3/b23-21+. The second kappa shape index (κ2) is 9.00. The van der Waals surface area contributed by atoms with Crippen LogP contribution in [-0.2, 0) is 14.3 Å². The van der Waals surface area contributed by atoms with Gasteiger partial charge in [0.15, 0.2) is 0 Å². The van der Waals surface area contributed by atoms with Gasteiger partial charge in [-0.3, -0.25) is 14.5 Å². The van der Waals surface area contributed by atoms with Crippen LogP contribution < -0.4 is 9.64 Å². The number of anilines is 1. The van der Waals surface area contributed by atoms with Gasteiger partial charge in [0.2, 0.25) is 0 Å². The number of carbonyl (C=O) groups is 3. The molecule has 0 radical (unpaired) electrons. The topological polar surface area (TPSA) is 93.1 Å². The van der Waals surface area contributed by atoms with Gasteiger partial charge in [0.1, 0.15) is 11.5 Å². The van der Waals surface area contributed by atoms with Gasteiger partial charge in [0.25, 0.3) is 11.7 Å². The van der Waals surface area contributed by atoms with Crippen LogP contribution in [0.25, 0.3) is 5.76 Å². The van der Waals surface area contributed by atoms with Crippen molar-refractivity contribution < 1.29 is 29.0 Å². The Kier molecular flexibility index (Phi) is 5.95. The number of rotatable bonds is 5. The summed E-state index contributed by atoms with van der Waals surface area (Å²) in [6.07, 6.45) is 0. The number of amides is 1. The third kappa shape index (κ3) is 3.96. The summed E-state index contributed by atoms with van der Waals surface area (Å²) in [7, 11) is 2.81. The smallest absolute Gasteiger partial charge is 0.337 e. The molecule has 0 saturated carbocycles. The molecule has 4 rings (SSSR count). The third-order valence-corrected chi connectivity index (χ3v) is 5.49. The lowest BCUT2D eigenvalue weighted by molar-refractivity contribution is -0.132. The molecule has 3 aromatic carbocycles. The van der Waals surface area contributed by atoms with Crippen LogP contribution >= 0.6 is 0 Å². The first-order valence-corrected chi connectivity index (χ1v) is 10.1. The molecule has 1 aliphatic heterocycles. The number of aliphatic hydroxyl groups excluding tert-OH is 1. The first-order valence-electron chi connectivity index (χ1n) is 10.1. The predicted molar refractivity (Wildman–Crippen MR) is 122 cm³/mol. The molecule has 1 amide bonds. The van der Waals surface area contributed by atoms with E-state index in [1.807, 2.05) is 6.07 Å². The molecule has 1 unspecified atom stereocenters. The fourth-order valence-electron chi connectivity index (χ4n) is 3.83. The summed E-state index contributed by atoms with van der Waals surface area (Å²) in [5, 5.41) is 11.1. The lowest BCUT2D eigenvalue weighted by atomic mass is 9.95. The van der Waals surface area contributed by atoms with Crippen molar-refractivity contribution in [2.24, 2.45) is 0 Å². The van der Waals surface area contributed by atoms with Gasteiger partial charge >= 0.3 is 5.97 Å². The monoisotopic (exact) mass is 443 g/mol. The summed E-state index contributed by atoms with van der Waals surface area (Å²) in [6.45, 7) is 0. The van der Waals surface area contributed by atoms with Crippen LogP contribution in [0, 0.1) is 0 Å². The molecule has 1 aliphatic rings. The van der Waals surface area contributed by atoms with Crippen LogP contribution in [0.2, 0.25) is 0 Å². The van der Waals surface area contributed by atoms with E-state index < -0.39 is 23.7 Å². The van der Waals surface area contributed by atoms with E-state index in [1.54, 1.807) is 60.7 Å². The Labute approximate surface area is 190 Å². The minimum Gasteiger partial charge on any atom is -0.507 e. The van der Waals surface area contributed by atoms with E-state index in [-0.39, 0.29) is 11.3 Å². The van der Waals surface area contributed by atoms with Crippen molar-refractivity contribution in [3.8, 4) is 5.75 Å². The number of Topliss-reactive ketones (excluding diaryl/α,β-unsaturated/α-hetero) is 1. The van der Waals surface area contributed by atoms with Gasteiger partial charge in [0.05, 0.1) is 31.4 Å². The minimum atomic E-state index is -0.850. The maximum atomic E-state index is 13.1. The molecule has 1 heterocycles. The molecule has 7 nitrogen and oxygen atoms in total. The van der Waals surface area contributed by atoms with E-state index in [1.165, 1.54) is 31.3 Å². The number of hydrogen-bond donors (Lipinski definition) is 1. The van der Waals surface area contributed by atoms with E-state index in [4.69, 9.17) is 9.47 Å². The van der Waals surface area contributed by atoms with Crippen molar-refractivity contribution in [3.63, 3.8) is 0 Å². The van der Waals surface area contributed by atoms with E-state index >= 15 is 0 Å². The molecule has 0 spiro atoms. The number of hydrogen-bond acceptors (Lipinski definition) is 6. The van der Waals surface area contributed by atoms with Crippen LogP contribution in [0.4, 0.5) is 5.69 Å². The number of esters is 1. The van der Waals surface area contributed by atoms with Gasteiger partial charge in [-0.05, 0) is 54.1 Å². The molecular weight excluding hydrogens is 422 g/mol. The second-order valence-corrected chi connectivity index (χ2v) is 7.35. The zero-order valence-electron chi connectivity index (χ0n) is 18.0. The van der Waals surface area contributed by atoms with Crippen LogP contribution in [0.15, 0.2) is 84.4 Å². The van der Waals surface area contributed by atoms with Crippen molar-refractivity contribution in [2.75, 3.05) is 19.1 Å². The van der Waals surface area contributed by atoms with Gasteiger partial charge in [-0.25, -0.2) is 4.79 Å². The van der Waals surface area contributed by atoms with E-state index in [2.05, 4.69) is 0 Å². The Balaban J connectivity index is 1.86. The highest BCUT2D eigenvalue weighted by Gasteiger charge is 2.46. The zero-order valence-corrected chi connectivity index (χ0v) is 18.0. The molecule has 166 valence electrons. The second-order valence-electron chi connectivity index (χ2n) is 7.35. The quantitative estimate of drug-likeness (QED) is 0.276. The summed E-state index contributed by atoms with van der Waals surface area (Å²) in [5.74, 6) is -1.77. The number of aliphatic hydroxyl groups is 1. The number of ether oxygens (including phenoxy) is 2. The largest absolute Gasteiger partial charge is 0.507 e. The molecule has 1 fully saturated rings. The Bertz CT molecular complexity index is 1230. The molecule has 33 heavy (non-hydrogen) atoms. The third-order valence-electron chi connectivity index (χ3n) is 5.49. The van der Waals surface area contributed by atoms with Gasteiger partial charge in [-0.2, -0.15) is 0 Å². The first-order chi connectivity index (χ1) is 16.0. The minimum absolute atomic E-state index is 0.0200. The summed E-state index contributed by atoms with van der Waals surface area (Å²) >= 11 is 0. The number of nitrogens with zero attached hydrogens (tertiary/aromatic N) is 1. The maximum Gasteiger partial charge on any atom is 0.337 e. The highest BCUT2D eigenvalue weighted by atomic mass is 16.5. The Morgan fingerprint density at radius 3 is 2.03 bits per heavy atom. The molecule has 7 heteroatoms. The van der Waals surface area contributed by atoms with E-state index in [9.17, 15) is 19.5 Å². The number of ketones is 1. The van der Waals surface area contributed by atoms with Gasteiger partial charge < -0.3 is 14.6 Å². The molecule has 0 aromatic heterocycles. The molecule has 1 atom stereocenters. The van der Waals surface area contributed by atoms with Crippen LogP contribution in [0.3, 0.4) is 0 Å². The van der Waals surface area contributed by atoms with Gasteiger partial charge in [-0.1, -0.05) is 30.3 Å². The molecule has 1 saturated heterocycles. The normalized spacial score (nSPS) is 17.2. The van der Waals surface area contributed by atoms with Crippen molar-refractivity contribution in [1.29, 1.82) is 0 Å². The summed E-state index contributed by atoms with van der Waals surface area (Å²) < 4.78 is 9.87. The van der Waals surface area contributed by atoms with Crippen molar-refractivity contribution in [3.05, 3.63) is 101 Å². The maximum absolute atomic E-state index is 13.1. The van der Waals surface area contributed by atoms with Gasteiger partial charge in [-0.15, -0.1) is 0 Å². The highest BCUT2D eigenvalue weighted by molar-refractivity contribution is 6.51. The van der Waals surface area contributed by atoms with Crippen LogP contribution in [0.1, 0.15) is 27.5 Å². The van der Waals surface area contributed by atoms with Crippen LogP contribution in [0.5, 0.6) is 5.75 Å². The van der Waals surface area contributed by atoms with Crippen molar-refractivity contribution in [2.45, 2.75) is 6.04 Å². The fraction of sp³-hybridized carbons (Fsp3) is 0.115. The lowest BCUT2D eigenvalue weighted by Crippen LogP contribution is -2.29. The summed E-state index contributed by atoms with van der Waals surface area (Å²) in [6, 6.07) is 20.9. The average Bonchev–Trinajstić information content (AvgIpc) is 3.14. The Hall–Kier alpha value is -4.39. The number of methoxy groups -OCH3 is 2. The lowest BCUT2D eigenvalue weighted by Gasteiger charge is -2.25. The van der Waals surface area contributed by atoms with Crippen molar-refractivity contribution >= 4 is 29.1 Å². The molecule has 0 aliphatic carbocycles. The summed E-state index contributed by atoms with van der Waals surface area (Å²) in [4.78, 5) is 39.4. The molecule has 1 N–H and O–H groups in total. The number of benzene rings is 3. The first kappa shape index (κ1) is 21.8. The fourth-order valence-corrected chi connectivity index (χ4v) is 3.83. The Morgan fingerprint density at radius 2 is 1.45 bits per heavy atom. The van der Waals surface area contributed by atoms with Crippen molar-refractivity contribution in [1.82, 2.24) is 0 Å².